The lowest BCUT2D eigenvalue weighted by Gasteiger charge is -2.29. The summed E-state index contributed by atoms with van der Waals surface area (Å²) in [6, 6.07) is -1.01. The number of piperidine rings is 1. The molecule has 1 saturated carbocycles. The molecule has 2 fully saturated rings. The monoisotopic (exact) mass is 299 g/mol. The molecule has 1 amide bonds. The first-order valence-electron chi connectivity index (χ1n) is 7.06. The summed E-state index contributed by atoms with van der Waals surface area (Å²) < 4.78 is 10.2. The van der Waals surface area contributed by atoms with Crippen LogP contribution in [0.5, 0.6) is 0 Å². The Morgan fingerprint density at radius 3 is 2.38 bits per heavy atom. The zero-order valence-electron chi connectivity index (χ0n) is 12.7. The fraction of sp³-hybridized carbons (Fsp3) is 0.786. The lowest BCUT2D eigenvalue weighted by Crippen LogP contribution is -2.47. The molecule has 1 heterocycles. The highest BCUT2D eigenvalue weighted by Gasteiger charge is 2.68. The predicted octanol–water partition coefficient (Wildman–Crippen LogP) is 1.12. The van der Waals surface area contributed by atoms with E-state index in [9.17, 15) is 19.5 Å². The van der Waals surface area contributed by atoms with Crippen LogP contribution in [0.25, 0.3) is 0 Å². The second-order valence-electron chi connectivity index (χ2n) is 6.43. The Labute approximate surface area is 123 Å². The lowest BCUT2D eigenvalue weighted by molar-refractivity contribution is -0.147. The number of aliphatic carboxylic acids is 1. The molecule has 1 aliphatic carbocycles. The molecule has 1 aliphatic heterocycles. The second kappa shape index (κ2) is 5.20. The topological polar surface area (TPSA) is 93.1 Å². The summed E-state index contributed by atoms with van der Waals surface area (Å²) in [6.07, 6.45) is -0.648. The Kier molecular flexibility index (Phi) is 3.86. The first kappa shape index (κ1) is 15.6. The van der Waals surface area contributed by atoms with E-state index in [2.05, 4.69) is 0 Å². The Morgan fingerprint density at radius 1 is 1.29 bits per heavy atom. The number of esters is 1. The van der Waals surface area contributed by atoms with Gasteiger partial charge in [-0.15, -0.1) is 0 Å². The molecule has 2 aliphatic rings. The number of likely N-dealkylation sites (tertiary alicyclic amines) is 1. The van der Waals surface area contributed by atoms with E-state index >= 15 is 0 Å². The van der Waals surface area contributed by atoms with Crippen LogP contribution in [0.15, 0.2) is 0 Å². The van der Waals surface area contributed by atoms with Crippen LogP contribution in [-0.4, -0.2) is 52.8 Å². The maximum absolute atomic E-state index is 12.1. The van der Waals surface area contributed by atoms with Crippen LogP contribution < -0.4 is 0 Å². The van der Waals surface area contributed by atoms with Crippen LogP contribution in [0.2, 0.25) is 0 Å². The standard InChI is InChI=1S/C14H21NO6/c1-5-20-12(18)9-7-6-15(10(8(7)9)11(16)17)13(19)21-14(2,3)4/h7-10H,5-6H2,1-4H3,(H,16,17)/t7?,8?,9-,10+/m1/s1. The summed E-state index contributed by atoms with van der Waals surface area (Å²) in [5.74, 6) is -2.40. The van der Waals surface area contributed by atoms with Gasteiger partial charge in [0.15, 0.2) is 0 Å². The van der Waals surface area contributed by atoms with E-state index in [0.717, 1.165) is 0 Å². The number of hydrogen-bond donors (Lipinski definition) is 1. The molecule has 0 aromatic rings. The van der Waals surface area contributed by atoms with Crippen molar-refractivity contribution in [2.75, 3.05) is 13.2 Å². The fourth-order valence-corrected chi connectivity index (χ4v) is 2.99. The summed E-state index contributed by atoms with van der Waals surface area (Å²) in [5, 5.41) is 9.36. The van der Waals surface area contributed by atoms with Crippen LogP contribution in [0, 0.1) is 17.8 Å². The van der Waals surface area contributed by atoms with Gasteiger partial charge in [-0.3, -0.25) is 9.69 Å². The molecule has 0 aromatic carbocycles. The highest BCUT2D eigenvalue weighted by atomic mass is 16.6. The molecule has 0 aromatic heterocycles. The van der Waals surface area contributed by atoms with Crippen LogP contribution in [0.1, 0.15) is 27.7 Å². The summed E-state index contributed by atoms with van der Waals surface area (Å²) >= 11 is 0. The number of rotatable bonds is 3. The van der Waals surface area contributed by atoms with Gasteiger partial charge in [-0.1, -0.05) is 0 Å². The number of ether oxygens (including phenoxy) is 2. The van der Waals surface area contributed by atoms with Crippen molar-refractivity contribution in [1.82, 2.24) is 4.90 Å². The third kappa shape index (κ3) is 2.96. The number of carbonyl (C=O) groups excluding carboxylic acids is 2. The largest absolute Gasteiger partial charge is 0.480 e. The average Bonchev–Trinajstić information content (AvgIpc) is 2.87. The van der Waals surface area contributed by atoms with Gasteiger partial charge >= 0.3 is 18.0 Å². The van der Waals surface area contributed by atoms with Gasteiger partial charge in [0.05, 0.1) is 12.5 Å². The predicted molar refractivity (Wildman–Crippen MR) is 71.5 cm³/mol. The normalized spacial score (nSPS) is 30.6. The quantitative estimate of drug-likeness (QED) is 0.785. The number of amides is 1. The number of carboxylic acids is 1. The van der Waals surface area contributed by atoms with Crippen molar-refractivity contribution < 1.29 is 29.0 Å². The smallest absolute Gasteiger partial charge is 0.411 e. The number of fused-ring (bicyclic) bond motifs is 1. The zero-order valence-corrected chi connectivity index (χ0v) is 12.7. The molecule has 0 bridgehead atoms. The van der Waals surface area contributed by atoms with E-state index in [1.165, 1.54) is 4.90 Å². The molecular formula is C14H21NO6. The van der Waals surface area contributed by atoms with Gasteiger partial charge in [-0.25, -0.2) is 9.59 Å². The molecule has 21 heavy (non-hydrogen) atoms. The van der Waals surface area contributed by atoms with Crippen LogP contribution in [-0.2, 0) is 19.1 Å². The first-order valence-corrected chi connectivity index (χ1v) is 7.06. The van der Waals surface area contributed by atoms with Crippen molar-refractivity contribution >= 4 is 18.0 Å². The van der Waals surface area contributed by atoms with Crippen LogP contribution >= 0.6 is 0 Å². The van der Waals surface area contributed by atoms with E-state index in [4.69, 9.17) is 9.47 Å². The van der Waals surface area contributed by atoms with Crippen molar-refractivity contribution in [1.29, 1.82) is 0 Å². The molecule has 1 saturated heterocycles. The van der Waals surface area contributed by atoms with E-state index in [1.807, 2.05) is 0 Å². The zero-order chi connectivity index (χ0) is 15.9. The molecule has 7 heteroatoms. The lowest BCUT2D eigenvalue weighted by atomic mass is 10.1. The fourth-order valence-electron chi connectivity index (χ4n) is 2.99. The number of carboxylic acid groups (broad SMARTS) is 1. The minimum absolute atomic E-state index is 0.141. The highest BCUT2D eigenvalue weighted by Crippen LogP contribution is 2.56. The minimum Gasteiger partial charge on any atom is -0.480 e. The molecule has 0 radical (unpaired) electrons. The molecule has 2 unspecified atom stereocenters. The highest BCUT2D eigenvalue weighted by molar-refractivity contribution is 5.86. The SMILES string of the molecule is CCOC(=O)[C@@H]1C2CN(C(=O)OC(C)(C)C)[C@H](C(=O)O)C21. The van der Waals surface area contributed by atoms with Gasteiger partial charge in [-0.05, 0) is 33.6 Å². The molecule has 2 rings (SSSR count). The maximum atomic E-state index is 12.1. The molecule has 1 N–H and O–H groups in total. The maximum Gasteiger partial charge on any atom is 0.411 e. The van der Waals surface area contributed by atoms with Crippen LogP contribution in [0.3, 0.4) is 0 Å². The summed E-state index contributed by atoms with van der Waals surface area (Å²) in [6.45, 7) is 7.36. The number of carbonyl (C=O) groups is 3. The van der Waals surface area contributed by atoms with Gasteiger partial charge in [0.25, 0.3) is 0 Å². The molecular weight excluding hydrogens is 278 g/mol. The third-order valence-electron chi connectivity index (χ3n) is 3.78. The Morgan fingerprint density at radius 2 is 1.90 bits per heavy atom. The van der Waals surface area contributed by atoms with Crippen molar-refractivity contribution in [2.45, 2.75) is 39.3 Å². The van der Waals surface area contributed by atoms with Crippen molar-refractivity contribution in [2.24, 2.45) is 17.8 Å². The summed E-state index contributed by atoms with van der Waals surface area (Å²) in [7, 11) is 0. The van der Waals surface area contributed by atoms with Crippen molar-refractivity contribution in [3.63, 3.8) is 0 Å². The Bertz CT molecular complexity index is 469. The van der Waals surface area contributed by atoms with E-state index in [1.54, 1.807) is 27.7 Å². The van der Waals surface area contributed by atoms with Gasteiger partial charge in [0.2, 0.25) is 0 Å². The minimum atomic E-state index is -1.11. The summed E-state index contributed by atoms with van der Waals surface area (Å²) in [4.78, 5) is 36.5. The Balaban J connectivity index is 2.07. The molecule has 0 spiro atoms. The molecule has 7 nitrogen and oxygen atoms in total. The number of hydrogen-bond acceptors (Lipinski definition) is 5. The average molecular weight is 299 g/mol. The van der Waals surface area contributed by atoms with E-state index in [0.29, 0.717) is 0 Å². The first-order chi connectivity index (χ1) is 9.67. The summed E-state index contributed by atoms with van der Waals surface area (Å²) in [5.41, 5.74) is -0.687. The van der Waals surface area contributed by atoms with E-state index < -0.39 is 29.6 Å². The van der Waals surface area contributed by atoms with Gasteiger partial charge in [0, 0.05) is 12.5 Å². The van der Waals surface area contributed by atoms with Gasteiger partial charge < -0.3 is 14.6 Å². The number of nitrogens with zero attached hydrogens (tertiary/aromatic N) is 1. The van der Waals surface area contributed by atoms with Gasteiger partial charge in [-0.2, -0.15) is 0 Å². The molecule has 4 atom stereocenters. The second-order valence-corrected chi connectivity index (χ2v) is 6.43. The van der Waals surface area contributed by atoms with Crippen LogP contribution in [0.4, 0.5) is 4.79 Å². The van der Waals surface area contributed by atoms with E-state index in [-0.39, 0.29) is 31.0 Å². The Hall–Kier alpha value is -1.79. The third-order valence-corrected chi connectivity index (χ3v) is 3.78. The van der Waals surface area contributed by atoms with Gasteiger partial charge in [0.1, 0.15) is 11.6 Å². The molecule has 118 valence electrons. The van der Waals surface area contributed by atoms with Crippen molar-refractivity contribution in [3.8, 4) is 0 Å². The van der Waals surface area contributed by atoms with Crippen molar-refractivity contribution in [3.05, 3.63) is 0 Å².